The maximum Gasteiger partial charge on any atom is 0.282 e. The van der Waals surface area contributed by atoms with E-state index in [-0.39, 0.29) is 5.03 Å². The number of anilines is 2. The number of nitrogens with zero attached hydrogens (tertiary/aromatic N) is 3. The van der Waals surface area contributed by atoms with Gasteiger partial charge < -0.3 is 5.32 Å². The highest BCUT2D eigenvalue weighted by Gasteiger charge is 2.20. The van der Waals surface area contributed by atoms with E-state index >= 15 is 0 Å². The van der Waals surface area contributed by atoms with E-state index in [0.717, 1.165) is 0 Å². The van der Waals surface area contributed by atoms with Crippen molar-refractivity contribution in [3.63, 3.8) is 0 Å². The van der Waals surface area contributed by atoms with E-state index in [1.54, 1.807) is 32.3 Å². The molecule has 0 bridgehead atoms. The van der Waals surface area contributed by atoms with Crippen molar-refractivity contribution in [2.24, 2.45) is 7.05 Å². The highest BCUT2D eigenvalue weighted by molar-refractivity contribution is 7.92. The Hall–Kier alpha value is -2.09. The van der Waals surface area contributed by atoms with Crippen molar-refractivity contribution >= 4 is 21.5 Å². The van der Waals surface area contributed by atoms with Crippen molar-refractivity contribution in [2.45, 2.75) is 5.03 Å². The maximum atomic E-state index is 12.2. The number of nitrogens with one attached hydrogen (secondary N) is 2. The topological polar surface area (TPSA) is 88.9 Å². The molecule has 0 saturated heterocycles. The minimum absolute atomic E-state index is 0.0475. The van der Waals surface area contributed by atoms with Gasteiger partial charge in [-0.25, -0.2) is 4.98 Å². The van der Waals surface area contributed by atoms with Gasteiger partial charge in [0.1, 0.15) is 5.82 Å². The normalized spacial score (nSPS) is 11.2. The molecular weight excluding hydrogens is 254 g/mol. The number of hydrogen-bond donors (Lipinski definition) is 2. The predicted octanol–water partition coefficient (Wildman–Crippen LogP) is 0.658. The monoisotopic (exact) mass is 267 g/mol. The molecule has 2 aromatic heterocycles. The third-order valence-corrected chi connectivity index (χ3v) is 3.67. The van der Waals surface area contributed by atoms with Crippen LogP contribution in [0.15, 0.2) is 35.6 Å². The van der Waals surface area contributed by atoms with Crippen molar-refractivity contribution in [3.05, 3.63) is 30.6 Å². The lowest BCUT2D eigenvalue weighted by molar-refractivity contribution is 0.597. The largest absolute Gasteiger partial charge is 0.386 e. The Labute approximate surface area is 105 Å². The molecule has 18 heavy (non-hydrogen) atoms. The van der Waals surface area contributed by atoms with Crippen LogP contribution in [0.4, 0.5) is 11.5 Å². The van der Waals surface area contributed by atoms with Gasteiger partial charge in [0.25, 0.3) is 10.0 Å². The van der Waals surface area contributed by atoms with Crippen LogP contribution in [0.3, 0.4) is 0 Å². The van der Waals surface area contributed by atoms with E-state index in [9.17, 15) is 8.42 Å². The molecule has 2 aromatic rings. The lowest BCUT2D eigenvalue weighted by atomic mass is 10.4. The molecule has 0 radical (unpaired) electrons. The summed E-state index contributed by atoms with van der Waals surface area (Å²) in [7, 11) is -0.446. The summed E-state index contributed by atoms with van der Waals surface area (Å²) in [5, 5.41) is 6.64. The molecule has 0 aromatic carbocycles. The molecule has 0 fully saturated rings. The Morgan fingerprint density at radius 3 is 2.67 bits per heavy atom. The molecule has 8 heteroatoms. The predicted molar refractivity (Wildman–Crippen MR) is 67.8 cm³/mol. The zero-order valence-electron chi connectivity index (χ0n) is 9.95. The Morgan fingerprint density at radius 1 is 1.28 bits per heavy atom. The molecule has 0 amide bonds. The molecule has 0 aliphatic rings. The SMILES string of the molecule is CNc1cccnc1S(=O)(=O)Nc1ccnn1C. The second-order valence-electron chi connectivity index (χ2n) is 3.55. The molecule has 0 aliphatic heterocycles. The van der Waals surface area contributed by atoms with Crippen LogP contribution in [0.2, 0.25) is 0 Å². The first-order valence-corrected chi connectivity index (χ1v) is 6.66. The summed E-state index contributed by atoms with van der Waals surface area (Å²) in [6, 6.07) is 4.87. The molecule has 2 N–H and O–H groups in total. The summed E-state index contributed by atoms with van der Waals surface area (Å²) in [6.45, 7) is 0. The van der Waals surface area contributed by atoms with E-state index < -0.39 is 10.0 Å². The maximum absolute atomic E-state index is 12.2. The number of aromatic nitrogens is 3. The van der Waals surface area contributed by atoms with Crippen molar-refractivity contribution < 1.29 is 8.42 Å². The van der Waals surface area contributed by atoms with Gasteiger partial charge in [-0.05, 0) is 12.1 Å². The smallest absolute Gasteiger partial charge is 0.282 e. The summed E-state index contributed by atoms with van der Waals surface area (Å²) < 4.78 is 28.2. The molecule has 0 aliphatic carbocycles. The second-order valence-corrected chi connectivity index (χ2v) is 5.15. The van der Waals surface area contributed by atoms with Gasteiger partial charge in [0, 0.05) is 26.4 Å². The minimum Gasteiger partial charge on any atom is -0.386 e. The number of sulfonamides is 1. The number of hydrogen-bond acceptors (Lipinski definition) is 5. The summed E-state index contributed by atoms with van der Waals surface area (Å²) in [4.78, 5) is 3.89. The van der Waals surface area contributed by atoms with Crippen LogP contribution in [-0.4, -0.2) is 30.2 Å². The molecule has 0 atom stereocenters. The summed E-state index contributed by atoms with van der Waals surface area (Å²) >= 11 is 0. The standard InChI is InChI=1S/C10H13N5O2S/c1-11-8-4-3-6-12-10(8)18(16,17)14-9-5-7-13-15(9)2/h3-7,11,14H,1-2H3. The van der Waals surface area contributed by atoms with Crippen molar-refractivity contribution in [1.82, 2.24) is 14.8 Å². The third-order valence-electron chi connectivity index (χ3n) is 2.35. The van der Waals surface area contributed by atoms with Crippen LogP contribution in [0, 0.1) is 0 Å². The van der Waals surface area contributed by atoms with Gasteiger partial charge >= 0.3 is 0 Å². The Bertz CT molecular complexity index is 650. The average molecular weight is 267 g/mol. The van der Waals surface area contributed by atoms with Crippen LogP contribution in [0.5, 0.6) is 0 Å². The van der Waals surface area contributed by atoms with Crippen LogP contribution in [0.1, 0.15) is 0 Å². The Kier molecular flexibility index (Phi) is 3.19. The number of aryl methyl sites for hydroxylation is 1. The van der Waals surface area contributed by atoms with Crippen molar-refractivity contribution in [3.8, 4) is 0 Å². The van der Waals surface area contributed by atoms with Crippen LogP contribution >= 0.6 is 0 Å². The quantitative estimate of drug-likeness (QED) is 0.849. The van der Waals surface area contributed by atoms with Gasteiger partial charge in [-0.2, -0.15) is 13.5 Å². The van der Waals surface area contributed by atoms with Gasteiger partial charge in [-0.15, -0.1) is 0 Å². The molecule has 96 valence electrons. The molecule has 0 spiro atoms. The Morgan fingerprint density at radius 2 is 2.06 bits per heavy atom. The van der Waals surface area contributed by atoms with Gasteiger partial charge in [0.2, 0.25) is 0 Å². The van der Waals surface area contributed by atoms with Crippen LogP contribution in [-0.2, 0) is 17.1 Å². The zero-order valence-corrected chi connectivity index (χ0v) is 10.8. The fourth-order valence-electron chi connectivity index (χ4n) is 1.46. The molecule has 0 saturated carbocycles. The Balaban J connectivity index is 2.40. The van der Waals surface area contributed by atoms with E-state index in [1.165, 1.54) is 17.1 Å². The molecular formula is C10H13N5O2S. The van der Waals surface area contributed by atoms with E-state index in [0.29, 0.717) is 11.5 Å². The van der Waals surface area contributed by atoms with Crippen molar-refractivity contribution in [2.75, 3.05) is 17.1 Å². The summed E-state index contributed by atoms with van der Waals surface area (Å²) in [6.07, 6.45) is 2.94. The molecule has 7 nitrogen and oxygen atoms in total. The number of pyridine rings is 1. The van der Waals surface area contributed by atoms with E-state index in [1.807, 2.05) is 0 Å². The lowest BCUT2D eigenvalue weighted by Crippen LogP contribution is -2.18. The zero-order chi connectivity index (χ0) is 13.2. The lowest BCUT2D eigenvalue weighted by Gasteiger charge is -2.10. The first-order chi connectivity index (χ1) is 8.54. The first-order valence-electron chi connectivity index (χ1n) is 5.18. The molecule has 2 heterocycles. The second kappa shape index (κ2) is 4.65. The fraction of sp³-hybridized carbons (Fsp3) is 0.200. The van der Waals surface area contributed by atoms with Gasteiger partial charge in [0.05, 0.1) is 11.9 Å². The fourth-order valence-corrected chi connectivity index (χ4v) is 2.69. The number of rotatable bonds is 4. The van der Waals surface area contributed by atoms with Gasteiger partial charge in [-0.3, -0.25) is 9.40 Å². The van der Waals surface area contributed by atoms with Gasteiger partial charge in [-0.1, -0.05) is 0 Å². The average Bonchev–Trinajstić information content (AvgIpc) is 2.74. The highest BCUT2D eigenvalue weighted by Crippen LogP contribution is 2.20. The van der Waals surface area contributed by atoms with Crippen LogP contribution in [0.25, 0.3) is 0 Å². The van der Waals surface area contributed by atoms with E-state index in [2.05, 4.69) is 20.1 Å². The summed E-state index contributed by atoms with van der Waals surface area (Å²) in [5.41, 5.74) is 0.437. The molecule has 0 unspecified atom stereocenters. The molecule has 2 rings (SSSR count). The first kappa shape index (κ1) is 12.4. The van der Waals surface area contributed by atoms with Crippen molar-refractivity contribution in [1.29, 1.82) is 0 Å². The highest BCUT2D eigenvalue weighted by atomic mass is 32.2. The minimum atomic E-state index is -3.73. The third kappa shape index (κ3) is 2.28. The van der Waals surface area contributed by atoms with Gasteiger partial charge in [0.15, 0.2) is 5.03 Å². The van der Waals surface area contributed by atoms with Crippen LogP contribution < -0.4 is 10.0 Å². The van der Waals surface area contributed by atoms with E-state index in [4.69, 9.17) is 0 Å². The summed E-state index contributed by atoms with van der Waals surface area (Å²) in [5.74, 6) is 0.378.